The fourth-order valence-corrected chi connectivity index (χ4v) is 2.26. The lowest BCUT2D eigenvalue weighted by Gasteiger charge is -2.18. The highest BCUT2D eigenvalue weighted by molar-refractivity contribution is 5.85. The van der Waals surface area contributed by atoms with Crippen LogP contribution in [-0.4, -0.2) is 24.5 Å². The molecule has 0 bridgehead atoms. The van der Waals surface area contributed by atoms with Crippen molar-refractivity contribution in [2.75, 3.05) is 6.61 Å². The van der Waals surface area contributed by atoms with Gasteiger partial charge < -0.3 is 14.8 Å². The molecular formula is C20H29NO4. The summed E-state index contributed by atoms with van der Waals surface area (Å²) in [5, 5.41) is 2.76. The Morgan fingerprint density at radius 2 is 1.84 bits per heavy atom. The van der Waals surface area contributed by atoms with Crippen molar-refractivity contribution in [1.82, 2.24) is 5.32 Å². The molecule has 2 atom stereocenters. The van der Waals surface area contributed by atoms with E-state index >= 15 is 0 Å². The predicted octanol–water partition coefficient (Wildman–Crippen LogP) is 3.46. The molecule has 25 heavy (non-hydrogen) atoms. The molecule has 0 aliphatic heterocycles. The van der Waals surface area contributed by atoms with Gasteiger partial charge in [0.2, 0.25) is 5.91 Å². The monoisotopic (exact) mass is 347 g/mol. The van der Waals surface area contributed by atoms with Crippen molar-refractivity contribution < 1.29 is 19.1 Å². The minimum Gasteiger partial charge on any atom is -0.493 e. The van der Waals surface area contributed by atoms with E-state index in [4.69, 9.17) is 9.47 Å². The zero-order chi connectivity index (χ0) is 18.2. The van der Waals surface area contributed by atoms with Crippen LogP contribution in [0.3, 0.4) is 0 Å². The van der Waals surface area contributed by atoms with Crippen molar-refractivity contribution in [3.63, 3.8) is 0 Å². The molecule has 1 aromatic carbocycles. The molecule has 5 nitrogen and oxygen atoms in total. The second-order valence-electron chi connectivity index (χ2n) is 6.78. The van der Waals surface area contributed by atoms with E-state index in [0.717, 1.165) is 30.3 Å². The molecule has 138 valence electrons. The van der Waals surface area contributed by atoms with Gasteiger partial charge in [-0.3, -0.25) is 4.79 Å². The molecule has 0 heterocycles. The van der Waals surface area contributed by atoms with Crippen LogP contribution >= 0.6 is 0 Å². The van der Waals surface area contributed by atoms with Gasteiger partial charge >= 0.3 is 5.97 Å². The average Bonchev–Trinajstić information content (AvgIpc) is 3.46. The summed E-state index contributed by atoms with van der Waals surface area (Å²) in [6, 6.07) is 6.99. The summed E-state index contributed by atoms with van der Waals surface area (Å²) >= 11 is 0. The second-order valence-corrected chi connectivity index (χ2v) is 6.78. The number of hydrogen-bond donors (Lipinski definition) is 1. The zero-order valence-electron chi connectivity index (χ0n) is 15.4. The maximum atomic E-state index is 12.2. The Hall–Kier alpha value is -2.04. The summed E-state index contributed by atoms with van der Waals surface area (Å²) in [5.41, 5.74) is 0.898. The van der Waals surface area contributed by atoms with Gasteiger partial charge in [0.1, 0.15) is 18.4 Å². The standard InChI is InChI=1S/C20H29NO4/c1-4-14(3)19(22)21-18(5-2)20(23)25-13-16-8-10-17(11-9-16)24-12-15-6-7-15/h8-11,14-15,18H,4-7,12-13H2,1-3H3,(H,21,22). The van der Waals surface area contributed by atoms with Crippen molar-refractivity contribution in [2.45, 2.75) is 59.1 Å². The minimum atomic E-state index is -0.595. The first-order chi connectivity index (χ1) is 12.0. The molecule has 1 amide bonds. The van der Waals surface area contributed by atoms with Gasteiger partial charge in [0.05, 0.1) is 6.61 Å². The summed E-state index contributed by atoms with van der Waals surface area (Å²) < 4.78 is 11.0. The molecule has 1 aliphatic carbocycles. The highest BCUT2D eigenvalue weighted by Gasteiger charge is 2.23. The van der Waals surface area contributed by atoms with E-state index in [-0.39, 0.29) is 18.4 Å². The Morgan fingerprint density at radius 3 is 2.40 bits per heavy atom. The van der Waals surface area contributed by atoms with Crippen molar-refractivity contribution in [3.05, 3.63) is 29.8 Å². The van der Waals surface area contributed by atoms with E-state index in [1.165, 1.54) is 12.8 Å². The van der Waals surface area contributed by atoms with Gasteiger partial charge in [-0.25, -0.2) is 4.79 Å². The average molecular weight is 347 g/mol. The van der Waals surface area contributed by atoms with E-state index in [0.29, 0.717) is 6.42 Å². The third-order valence-corrected chi connectivity index (χ3v) is 4.56. The molecule has 2 unspecified atom stereocenters. The topological polar surface area (TPSA) is 64.6 Å². The number of nitrogens with one attached hydrogen (secondary N) is 1. The maximum absolute atomic E-state index is 12.2. The lowest BCUT2D eigenvalue weighted by molar-refractivity contribution is -0.149. The lowest BCUT2D eigenvalue weighted by atomic mass is 10.1. The number of hydrogen-bond acceptors (Lipinski definition) is 4. The Labute approximate surface area is 150 Å². The van der Waals surface area contributed by atoms with Gasteiger partial charge in [0.25, 0.3) is 0 Å². The van der Waals surface area contributed by atoms with Crippen LogP contribution in [0.5, 0.6) is 5.75 Å². The minimum absolute atomic E-state index is 0.106. The van der Waals surface area contributed by atoms with Crippen LogP contribution in [0.2, 0.25) is 0 Å². The highest BCUT2D eigenvalue weighted by Crippen LogP contribution is 2.29. The molecule has 0 radical (unpaired) electrons. The predicted molar refractivity (Wildman–Crippen MR) is 96.1 cm³/mol. The van der Waals surface area contributed by atoms with E-state index in [2.05, 4.69) is 5.32 Å². The van der Waals surface area contributed by atoms with Gasteiger partial charge in [0.15, 0.2) is 0 Å². The number of benzene rings is 1. The third kappa shape index (κ3) is 6.40. The molecule has 5 heteroatoms. The first-order valence-corrected chi connectivity index (χ1v) is 9.22. The van der Waals surface area contributed by atoms with Crippen LogP contribution < -0.4 is 10.1 Å². The molecule has 2 rings (SSSR count). The van der Waals surface area contributed by atoms with Crippen molar-refractivity contribution in [2.24, 2.45) is 11.8 Å². The fourth-order valence-electron chi connectivity index (χ4n) is 2.26. The fraction of sp³-hybridized carbons (Fsp3) is 0.600. The van der Waals surface area contributed by atoms with Crippen LogP contribution in [0.15, 0.2) is 24.3 Å². The Balaban J connectivity index is 1.77. The second kappa shape index (κ2) is 9.44. The van der Waals surface area contributed by atoms with E-state index in [1.807, 2.05) is 45.0 Å². The molecule has 1 aliphatic rings. The van der Waals surface area contributed by atoms with Gasteiger partial charge in [-0.05, 0) is 49.3 Å². The smallest absolute Gasteiger partial charge is 0.328 e. The van der Waals surface area contributed by atoms with Crippen molar-refractivity contribution in [1.29, 1.82) is 0 Å². The Bertz CT molecular complexity index is 566. The summed E-state index contributed by atoms with van der Waals surface area (Å²) in [7, 11) is 0. The molecule has 1 N–H and O–H groups in total. The zero-order valence-corrected chi connectivity index (χ0v) is 15.4. The number of ether oxygens (including phenoxy) is 2. The SMILES string of the molecule is CCC(C)C(=O)NC(CC)C(=O)OCc1ccc(OCC2CC2)cc1. The number of rotatable bonds is 10. The Morgan fingerprint density at radius 1 is 1.16 bits per heavy atom. The van der Waals surface area contributed by atoms with Crippen LogP contribution in [0.25, 0.3) is 0 Å². The maximum Gasteiger partial charge on any atom is 0.328 e. The lowest BCUT2D eigenvalue weighted by Crippen LogP contribution is -2.43. The summed E-state index contributed by atoms with van der Waals surface area (Å²) in [6.45, 7) is 6.62. The quantitative estimate of drug-likeness (QED) is 0.658. The molecule has 1 aromatic rings. The molecule has 1 fully saturated rings. The summed E-state index contributed by atoms with van der Waals surface area (Å²) in [6.07, 6.45) is 3.78. The molecule has 0 spiro atoms. The molecular weight excluding hydrogens is 318 g/mol. The van der Waals surface area contributed by atoms with Crippen LogP contribution in [0, 0.1) is 11.8 Å². The first-order valence-electron chi connectivity index (χ1n) is 9.22. The first kappa shape index (κ1) is 19.3. The number of esters is 1. The van der Waals surface area contributed by atoms with Crippen molar-refractivity contribution >= 4 is 11.9 Å². The van der Waals surface area contributed by atoms with E-state index in [1.54, 1.807) is 0 Å². The van der Waals surface area contributed by atoms with Gasteiger partial charge in [-0.15, -0.1) is 0 Å². The third-order valence-electron chi connectivity index (χ3n) is 4.56. The molecule has 0 aromatic heterocycles. The number of carbonyl (C=O) groups excluding carboxylic acids is 2. The Kier molecular flexibility index (Phi) is 7.29. The van der Waals surface area contributed by atoms with Gasteiger partial charge in [-0.2, -0.15) is 0 Å². The van der Waals surface area contributed by atoms with E-state index in [9.17, 15) is 9.59 Å². The molecule has 1 saturated carbocycles. The van der Waals surface area contributed by atoms with E-state index < -0.39 is 12.0 Å². The highest BCUT2D eigenvalue weighted by atomic mass is 16.5. The van der Waals surface area contributed by atoms with Crippen LogP contribution in [-0.2, 0) is 20.9 Å². The number of amides is 1. The summed E-state index contributed by atoms with van der Waals surface area (Å²) in [4.78, 5) is 24.1. The number of carbonyl (C=O) groups is 2. The largest absolute Gasteiger partial charge is 0.493 e. The van der Waals surface area contributed by atoms with Crippen LogP contribution in [0.4, 0.5) is 0 Å². The summed E-state index contributed by atoms with van der Waals surface area (Å²) in [5.74, 6) is 0.952. The normalized spacial score (nSPS) is 16.0. The van der Waals surface area contributed by atoms with Gasteiger partial charge in [0, 0.05) is 5.92 Å². The molecule has 0 saturated heterocycles. The van der Waals surface area contributed by atoms with Crippen molar-refractivity contribution in [3.8, 4) is 5.75 Å². The van der Waals surface area contributed by atoms with Crippen LogP contribution in [0.1, 0.15) is 52.0 Å². The van der Waals surface area contributed by atoms with Gasteiger partial charge in [-0.1, -0.05) is 32.9 Å².